The summed E-state index contributed by atoms with van der Waals surface area (Å²) < 4.78 is 5.38. The second-order valence-electron chi connectivity index (χ2n) is 6.19. The maximum atomic E-state index is 12.3. The first-order valence-electron chi connectivity index (χ1n) is 8.80. The molecule has 1 amide bonds. The summed E-state index contributed by atoms with van der Waals surface area (Å²) in [6, 6.07) is 12.6. The van der Waals surface area contributed by atoms with E-state index in [4.69, 9.17) is 27.9 Å². The Morgan fingerprint density at radius 3 is 2.43 bits per heavy atom. The number of benzene rings is 2. The van der Waals surface area contributed by atoms with Crippen molar-refractivity contribution in [2.75, 3.05) is 25.5 Å². The molecule has 1 atom stereocenters. The topological polar surface area (TPSA) is 79.5 Å². The lowest BCUT2D eigenvalue weighted by Crippen LogP contribution is -2.37. The summed E-state index contributed by atoms with van der Waals surface area (Å²) in [5, 5.41) is 9.59. The summed E-state index contributed by atoms with van der Waals surface area (Å²) in [5.41, 5.74) is 2.03. The molecular formula is C20H23Cl2N3O3. The van der Waals surface area contributed by atoms with Crippen LogP contribution in [0.15, 0.2) is 42.5 Å². The minimum atomic E-state index is -0.438. The Labute approximate surface area is 174 Å². The Morgan fingerprint density at radius 2 is 1.75 bits per heavy atom. The van der Waals surface area contributed by atoms with Gasteiger partial charge in [0.05, 0.1) is 35.2 Å². The first-order chi connectivity index (χ1) is 13.4. The first kappa shape index (κ1) is 22.0. The van der Waals surface area contributed by atoms with Crippen LogP contribution in [-0.4, -0.2) is 38.1 Å². The van der Waals surface area contributed by atoms with Gasteiger partial charge in [-0.3, -0.25) is 9.59 Å². The highest BCUT2D eigenvalue weighted by Gasteiger charge is 2.15. The van der Waals surface area contributed by atoms with Crippen molar-refractivity contribution in [1.29, 1.82) is 0 Å². The van der Waals surface area contributed by atoms with Crippen molar-refractivity contribution in [3.05, 3.63) is 58.1 Å². The van der Waals surface area contributed by atoms with E-state index in [1.165, 1.54) is 0 Å². The number of nitrogens with one attached hydrogen (secondary N) is 3. The number of hydrogen-bond donors (Lipinski definition) is 3. The Kier molecular flexibility index (Phi) is 8.57. The number of carbonyl (C=O) groups excluding carboxylic acids is 2. The van der Waals surface area contributed by atoms with E-state index in [1.807, 2.05) is 24.3 Å². The van der Waals surface area contributed by atoms with E-state index in [9.17, 15) is 9.59 Å². The number of carbonyl (C=O) groups is 2. The van der Waals surface area contributed by atoms with Gasteiger partial charge in [-0.2, -0.15) is 0 Å². The fourth-order valence-corrected chi connectivity index (χ4v) is 2.98. The summed E-state index contributed by atoms with van der Waals surface area (Å²) in [4.78, 5) is 23.8. The van der Waals surface area contributed by atoms with Gasteiger partial charge in [0, 0.05) is 5.69 Å². The molecule has 0 bridgehead atoms. The molecule has 0 spiro atoms. The van der Waals surface area contributed by atoms with Crippen molar-refractivity contribution in [2.24, 2.45) is 0 Å². The normalized spacial score (nSPS) is 11.6. The molecule has 0 aromatic heterocycles. The first-order valence-corrected chi connectivity index (χ1v) is 9.56. The van der Waals surface area contributed by atoms with E-state index in [2.05, 4.69) is 16.0 Å². The largest absolute Gasteiger partial charge is 0.461 e. The zero-order valence-electron chi connectivity index (χ0n) is 15.7. The van der Waals surface area contributed by atoms with Crippen LogP contribution >= 0.6 is 23.2 Å². The average molecular weight is 424 g/mol. The standard InChI is InChI=1S/C20H23Cl2N3O3/c1-13(11-24-18(26)12-23-2)28-19(27)10-14-6-3-4-9-17(14)25-20-15(21)7-5-8-16(20)22/h3-9,13,23,25H,10-12H2,1-2H3,(H,24,26). The molecule has 0 aliphatic carbocycles. The van der Waals surface area contributed by atoms with E-state index < -0.39 is 12.1 Å². The summed E-state index contributed by atoms with van der Waals surface area (Å²) in [5.74, 6) is -0.550. The Hall–Kier alpha value is -2.28. The van der Waals surface area contributed by atoms with Crippen molar-refractivity contribution < 1.29 is 14.3 Å². The lowest BCUT2D eigenvalue weighted by atomic mass is 10.1. The molecule has 3 N–H and O–H groups in total. The molecule has 2 rings (SSSR count). The smallest absolute Gasteiger partial charge is 0.310 e. The van der Waals surface area contributed by atoms with Gasteiger partial charge in [-0.05, 0) is 37.7 Å². The summed E-state index contributed by atoms with van der Waals surface area (Å²) in [6.07, 6.45) is -0.369. The molecule has 0 heterocycles. The molecule has 1 unspecified atom stereocenters. The molecule has 0 aliphatic heterocycles. The average Bonchev–Trinajstić information content (AvgIpc) is 2.64. The van der Waals surface area contributed by atoms with Gasteiger partial charge in [-0.15, -0.1) is 0 Å². The number of rotatable bonds is 9. The van der Waals surface area contributed by atoms with Crippen LogP contribution < -0.4 is 16.0 Å². The maximum absolute atomic E-state index is 12.3. The number of hydrogen-bond acceptors (Lipinski definition) is 5. The highest BCUT2D eigenvalue weighted by molar-refractivity contribution is 6.39. The molecule has 150 valence electrons. The quantitative estimate of drug-likeness (QED) is 0.537. The second-order valence-corrected chi connectivity index (χ2v) is 7.00. The number of para-hydroxylation sites is 2. The van der Waals surface area contributed by atoms with E-state index in [1.54, 1.807) is 32.2 Å². The second kappa shape index (κ2) is 10.9. The molecule has 6 nitrogen and oxygen atoms in total. The van der Waals surface area contributed by atoms with Gasteiger partial charge in [0.25, 0.3) is 0 Å². The fraction of sp³-hybridized carbons (Fsp3) is 0.300. The van der Waals surface area contributed by atoms with E-state index >= 15 is 0 Å². The molecule has 0 fully saturated rings. The van der Waals surface area contributed by atoms with Gasteiger partial charge in [-0.25, -0.2) is 0 Å². The van der Waals surface area contributed by atoms with Gasteiger partial charge in [0.15, 0.2) is 0 Å². The number of likely N-dealkylation sites (N-methyl/N-ethyl adjacent to an activating group) is 1. The Bertz CT molecular complexity index is 810. The molecule has 8 heteroatoms. The van der Waals surface area contributed by atoms with Crippen LogP contribution in [-0.2, 0) is 20.7 Å². The predicted molar refractivity (Wildman–Crippen MR) is 112 cm³/mol. The summed E-state index contributed by atoms with van der Waals surface area (Å²) in [6.45, 7) is 2.19. The summed E-state index contributed by atoms with van der Waals surface area (Å²) >= 11 is 12.4. The van der Waals surface area contributed by atoms with Crippen LogP contribution in [0, 0.1) is 0 Å². The van der Waals surface area contributed by atoms with E-state index in [-0.39, 0.29) is 25.4 Å². The number of halogens is 2. The molecule has 2 aromatic rings. The number of esters is 1. The van der Waals surface area contributed by atoms with Crippen molar-refractivity contribution in [3.63, 3.8) is 0 Å². The highest BCUT2D eigenvalue weighted by Crippen LogP contribution is 2.33. The van der Waals surface area contributed by atoms with Gasteiger partial charge in [0.1, 0.15) is 6.10 Å². The van der Waals surface area contributed by atoms with E-state index in [0.717, 1.165) is 5.56 Å². The van der Waals surface area contributed by atoms with E-state index in [0.29, 0.717) is 21.4 Å². The molecule has 0 aliphatic rings. The molecule has 2 aromatic carbocycles. The van der Waals surface area contributed by atoms with Crippen LogP contribution in [0.1, 0.15) is 12.5 Å². The number of anilines is 2. The lowest BCUT2D eigenvalue weighted by Gasteiger charge is -2.16. The Morgan fingerprint density at radius 1 is 1.07 bits per heavy atom. The predicted octanol–water partition coefficient (Wildman–Crippen LogP) is 3.55. The third-order valence-corrected chi connectivity index (χ3v) is 4.46. The Balaban J connectivity index is 1.99. The molecule has 0 saturated heterocycles. The molecular weight excluding hydrogens is 401 g/mol. The van der Waals surface area contributed by atoms with Gasteiger partial charge >= 0.3 is 5.97 Å². The molecule has 0 saturated carbocycles. The monoisotopic (exact) mass is 423 g/mol. The zero-order valence-corrected chi connectivity index (χ0v) is 17.2. The fourth-order valence-electron chi connectivity index (χ4n) is 2.49. The van der Waals surface area contributed by atoms with Crippen molar-refractivity contribution in [3.8, 4) is 0 Å². The van der Waals surface area contributed by atoms with Crippen molar-refractivity contribution >= 4 is 46.5 Å². The highest BCUT2D eigenvalue weighted by atomic mass is 35.5. The van der Waals surface area contributed by atoms with Crippen LogP contribution in [0.4, 0.5) is 11.4 Å². The van der Waals surface area contributed by atoms with Crippen LogP contribution in [0.5, 0.6) is 0 Å². The summed E-state index contributed by atoms with van der Waals surface area (Å²) in [7, 11) is 1.68. The van der Waals surface area contributed by atoms with Crippen LogP contribution in [0.3, 0.4) is 0 Å². The third kappa shape index (κ3) is 6.71. The number of ether oxygens (including phenoxy) is 1. The maximum Gasteiger partial charge on any atom is 0.310 e. The van der Waals surface area contributed by atoms with Crippen molar-refractivity contribution in [2.45, 2.75) is 19.4 Å². The lowest BCUT2D eigenvalue weighted by molar-refractivity contribution is -0.147. The molecule has 28 heavy (non-hydrogen) atoms. The van der Waals surface area contributed by atoms with Crippen LogP contribution in [0.2, 0.25) is 10.0 Å². The van der Waals surface area contributed by atoms with Gasteiger partial charge in [0.2, 0.25) is 5.91 Å². The third-order valence-electron chi connectivity index (χ3n) is 3.83. The minimum absolute atomic E-state index is 0.0695. The molecule has 0 radical (unpaired) electrons. The van der Waals surface area contributed by atoms with Gasteiger partial charge in [-0.1, -0.05) is 47.5 Å². The zero-order chi connectivity index (χ0) is 20.5. The number of amides is 1. The van der Waals surface area contributed by atoms with Gasteiger partial charge < -0.3 is 20.7 Å². The minimum Gasteiger partial charge on any atom is -0.461 e. The van der Waals surface area contributed by atoms with Crippen LogP contribution in [0.25, 0.3) is 0 Å². The van der Waals surface area contributed by atoms with Crippen molar-refractivity contribution in [1.82, 2.24) is 10.6 Å². The SMILES string of the molecule is CNCC(=O)NCC(C)OC(=O)Cc1ccccc1Nc1c(Cl)cccc1Cl.